The van der Waals surface area contributed by atoms with Crippen molar-refractivity contribution < 1.29 is 73.1 Å². The van der Waals surface area contributed by atoms with Crippen LogP contribution in [0.2, 0.25) is 0 Å². The number of anilines is 6. The third-order valence-electron chi connectivity index (χ3n) is 16.0. The number of piperazine rings is 2. The van der Waals surface area contributed by atoms with Crippen molar-refractivity contribution in [1.29, 1.82) is 0 Å². The number of methoxy groups -OCH3 is 2. The minimum atomic E-state index is -2.74. The Balaban J connectivity index is 0.000000201. The first-order valence-corrected chi connectivity index (χ1v) is 29.6. The highest BCUT2D eigenvalue weighted by molar-refractivity contribution is 6.38. The Labute approximate surface area is 537 Å². The Kier molecular flexibility index (Phi) is 22.8. The molecule has 93 heavy (non-hydrogen) atoms. The summed E-state index contributed by atoms with van der Waals surface area (Å²) in [6.45, 7) is 8.18. The molecule has 0 unspecified atom stereocenters. The van der Waals surface area contributed by atoms with Gasteiger partial charge in [-0.1, -0.05) is 72.8 Å². The van der Waals surface area contributed by atoms with E-state index in [1.165, 1.54) is 14.2 Å². The predicted octanol–water partition coefficient (Wildman–Crippen LogP) is 5.98. The van der Waals surface area contributed by atoms with Crippen LogP contribution in [0.5, 0.6) is 0 Å². The molecule has 0 aromatic heterocycles. The normalized spacial score (nSPS) is 15.8. The standard InChI is InChI=1S/2C31H33N5O4.C6H8O7/c2*1-34-15-17-36(18-16-34)20-27(37)35(2)24-12-10-23(11-13-24)32-29(21-7-5-4-6-8-21)28-25-14-9-22(31(39)40-3)19-26(25)33-30(28)38;7-3(8)1-6(13,5(11)12)2-4(9)10/h2*4-14,19,32H,15-18,20H2,1-3H3,(H,33,38);13H,1-2H2,(H,7,8)(H,9,10)(H,11,12)/b2*29-28-;. The van der Waals surface area contributed by atoms with E-state index in [-0.39, 0.29) is 23.6 Å². The van der Waals surface area contributed by atoms with Gasteiger partial charge in [0.15, 0.2) is 5.60 Å². The Morgan fingerprint density at radius 3 is 1.15 bits per heavy atom. The number of fused-ring (bicyclic) bond motifs is 2. The second kappa shape index (κ2) is 31.0. The Morgan fingerprint density at radius 2 is 0.839 bits per heavy atom. The molecule has 8 N–H and O–H groups in total. The van der Waals surface area contributed by atoms with Crippen LogP contribution in [-0.4, -0.2) is 207 Å². The van der Waals surface area contributed by atoms with E-state index in [1.807, 2.05) is 109 Å². The number of esters is 2. The molecule has 25 heteroatoms. The Bertz CT molecular complexity index is 3590. The minimum absolute atomic E-state index is 0.0444. The van der Waals surface area contributed by atoms with Crippen LogP contribution >= 0.6 is 0 Å². The molecule has 4 amide bonds. The molecule has 0 atom stereocenters. The third kappa shape index (κ3) is 17.5. The first-order valence-electron chi connectivity index (χ1n) is 29.6. The molecule has 4 aliphatic heterocycles. The molecular weight excluding hydrogens is 1200 g/mol. The van der Waals surface area contributed by atoms with Crippen LogP contribution in [0.1, 0.15) is 55.8 Å². The van der Waals surface area contributed by atoms with Crippen molar-refractivity contribution in [3.8, 4) is 0 Å². The number of ether oxygens (including phenoxy) is 2. The van der Waals surface area contributed by atoms with Crippen molar-refractivity contribution in [2.45, 2.75) is 18.4 Å². The van der Waals surface area contributed by atoms with E-state index >= 15 is 0 Å². The second-order valence-corrected chi connectivity index (χ2v) is 22.5. The summed E-state index contributed by atoms with van der Waals surface area (Å²) < 4.78 is 9.65. The summed E-state index contributed by atoms with van der Waals surface area (Å²) in [4.78, 5) is 119. The van der Waals surface area contributed by atoms with E-state index in [9.17, 15) is 43.2 Å². The van der Waals surface area contributed by atoms with Gasteiger partial charge in [0.2, 0.25) is 11.8 Å². The van der Waals surface area contributed by atoms with Gasteiger partial charge in [0.1, 0.15) is 0 Å². The van der Waals surface area contributed by atoms with E-state index < -0.39 is 48.3 Å². The highest BCUT2D eigenvalue weighted by Crippen LogP contribution is 2.40. The SMILES string of the molecule is COC(=O)c1ccc2c(c1)NC(=O)/C2=C(\Nc1ccc(N(C)C(=O)CN2CCN(C)CC2)cc1)c1ccccc1.COC(=O)c1ccc2c(c1)NC(=O)/C2=C(\Nc1ccc(N(C)C(=O)CN2CCN(C)CC2)cc1)c1ccccc1.O=C(O)CC(O)(CC(=O)O)C(=O)O. The maximum atomic E-state index is 13.2. The van der Waals surface area contributed by atoms with Crippen molar-refractivity contribution in [2.24, 2.45) is 0 Å². The molecule has 0 radical (unpaired) electrons. The molecule has 6 aromatic carbocycles. The average Bonchev–Trinajstić information content (AvgIpc) is 1.65. The topological polar surface area (TPSA) is 321 Å². The van der Waals surface area contributed by atoms with Crippen LogP contribution in [-0.2, 0) is 43.0 Å². The number of nitrogens with one attached hydrogen (secondary N) is 4. The van der Waals surface area contributed by atoms with Gasteiger partial charge in [-0.15, -0.1) is 0 Å². The number of amides is 4. The fourth-order valence-electron chi connectivity index (χ4n) is 10.5. The number of rotatable bonds is 19. The number of likely N-dealkylation sites (N-methyl/N-ethyl adjacent to an activating group) is 4. The number of carbonyl (C=O) groups excluding carboxylic acids is 6. The lowest BCUT2D eigenvalue weighted by molar-refractivity contribution is -0.170. The zero-order valence-electron chi connectivity index (χ0n) is 52.3. The lowest BCUT2D eigenvalue weighted by atomic mass is 9.96. The van der Waals surface area contributed by atoms with E-state index in [0.717, 1.165) is 86.2 Å². The van der Waals surface area contributed by atoms with Gasteiger partial charge >= 0.3 is 29.8 Å². The van der Waals surface area contributed by atoms with E-state index in [1.54, 1.807) is 60.3 Å². The largest absolute Gasteiger partial charge is 0.481 e. The van der Waals surface area contributed by atoms with Crippen molar-refractivity contribution in [3.63, 3.8) is 0 Å². The monoisotopic (exact) mass is 1270 g/mol. The number of carboxylic acid groups (broad SMARTS) is 3. The fraction of sp³-hybridized carbons (Fsp3) is 0.279. The molecule has 4 aliphatic rings. The number of aliphatic carboxylic acids is 3. The lowest BCUT2D eigenvalue weighted by Gasteiger charge is -2.32. The van der Waals surface area contributed by atoms with Crippen molar-refractivity contribution in [1.82, 2.24) is 19.6 Å². The summed E-state index contributed by atoms with van der Waals surface area (Å²) in [5, 5.41) is 46.4. The summed E-state index contributed by atoms with van der Waals surface area (Å²) in [6, 6.07) is 44.4. The number of benzene rings is 6. The quantitative estimate of drug-likeness (QED) is 0.0341. The van der Waals surface area contributed by atoms with E-state index in [4.69, 9.17) is 29.9 Å². The molecule has 0 bridgehead atoms. The maximum absolute atomic E-state index is 13.2. The molecule has 486 valence electrons. The minimum Gasteiger partial charge on any atom is -0.481 e. The number of hydrogen-bond donors (Lipinski definition) is 8. The maximum Gasteiger partial charge on any atom is 0.337 e. The summed E-state index contributed by atoms with van der Waals surface area (Å²) >= 11 is 0. The first kappa shape index (κ1) is 68.3. The van der Waals surface area contributed by atoms with E-state index in [2.05, 4.69) is 55.0 Å². The summed E-state index contributed by atoms with van der Waals surface area (Å²) in [5.41, 5.74) is 7.46. The third-order valence-corrected chi connectivity index (χ3v) is 16.0. The summed E-state index contributed by atoms with van der Waals surface area (Å²) in [5.74, 6) is -6.41. The molecule has 2 fully saturated rings. The molecule has 6 aromatic rings. The van der Waals surface area contributed by atoms with Gasteiger partial charge in [-0.3, -0.25) is 38.6 Å². The van der Waals surface area contributed by atoms with Gasteiger partial charge < -0.3 is 70.8 Å². The van der Waals surface area contributed by atoms with Gasteiger partial charge in [0.05, 0.1) is 85.2 Å². The molecular formula is C68H74N10O15. The van der Waals surface area contributed by atoms with Gasteiger partial charge in [-0.2, -0.15) is 0 Å². The highest BCUT2D eigenvalue weighted by Gasteiger charge is 2.41. The Morgan fingerprint density at radius 1 is 0.495 bits per heavy atom. The van der Waals surface area contributed by atoms with Crippen LogP contribution in [0.4, 0.5) is 34.1 Å². The molecule has 2 saturated heterocycles. The van der Waals surface area contributed by atoms with E-state index in [0.29, 0.717) is 69.3 Å². The van der Waals surface area contributed by atoms with Crippen LogP contribution < -0.4 is 31.1 Å². The molecule has 0 saturated carbocycles. The lowest BCUT2D eigenvalue weighted by Crippen LogP contribution is -2.48. The van der Waals surface area contributed by atoms with Crippen LogP contribution in [0, 0.1) is 0 Å². The molecule has 4 heterocycles. The van der Waals surface area contributed by atoms with Crippen LogP contribution in [0.15, 0.2) is 146 Å². The number of nitrogens with zero attached hydrogens (tertiary/aromatic N) is 6. The summed E-state index contributed by atoms with van der Waals surface area (Å²) in [7, 11) is 10.4. The fourth-order valence-corrected chi connectivity index (χ4v) is 10.5. The molecule has 10 rings (SSSR count). The number of carbonyl (C=O) groups is 9. The average molecular weight is 1270 g/mol. The molecule has 25 nitrogen and oxygen atoms in total. The number of hydrogen-bond acceptors (Lipinski definition) is 18. The number of aliphatic hydroxyl groups is 1. The van der Waals surface area contributed by atoms with Crippen molar-refractivity contribution in [2.75, 3.05) is 139 Å². The predicted molar refractivity (Wildman–Crippen MR) is 351 cm³/mol. The van der Waals surface area contributed by atoms with Crippen molar-refractivity contribution >= 4 is 110 Å². The van der Waals surface area contributed by atoms with Gasteiger partial charge in [-0.05, 0) is 98.0 Å². The first-order chi connectivity index (χ1) is 44.4. The van der Waals surface area contributed by atoms with Crippen LogP contribution in [0.25, 0.3) is 22.5 Å². The molecule has 0 spiro atoms. The zero-order chi connectivity index (χ0) is 67.1. The van der Waals surface area contributed by atoms with Gasteiger partial charge in [0.25, 0.3) is 11.8 Å². The van der Waals surface area contributed by atoms with Gasteiger partial charge in [-0.25, -0.2) is 14.4 Å². The van der Waals surface area contributed by atoms with Gasteiger partial charge in [0, 0.05) is 100 Å². The smallest absolute Gasteiger partial charge is 0.337 e. The zero-order valence-corrected chi connectivity index (χ0v) is 52.3. The summed E-state index contributed by atoms with van der Waals surface area (Å²) in [6.07, 6.45) is -2.29. The van der Waals surface area contributed by atoms with Crippen LogP contribution in [0.3, 0.4) is 0 Å². The highest BCUT2D eigenvalue weighted by atomic mass is 16.5. The molecule has 0 aliphatic carbocycles. The Hall–Kier alpha value is -10.6. The second-order valence-electron chi connectivity index (χ2n) is 22.5. The van der Waals surface area contributed by atoms with Crippen molar-refractivity contribution in [3.05, 3.63) is 179 Å². The number of carboxylic acids is 3.